The van der Waals surface area contributed by atoms with Gasteiger partial charge in [-0.25, -0.2) is 5.43 Å². The average Bonchev–Trinajstić information content (AvgIpc) is 2.74. The lowest BCUT2D eigenvalue weighted by Gasteiger charge is -2.10. The first-order valence-corrected chi connectivity index (χ1v) is 10.5. The van der Waals surface area contributed by atoms with E-state index in [-0.39, 0.29) is 6.61 Å². The van der Waals surface area contributed by atoms with E-state index in [0.29, 0.717) is 22.0 Å². The fourth-order valence-corrected chi connectivity index (χ4v) is 3.21. The zero-order valence-corrected chi connectivity index (χ0v) is 18.9. The van der Waals surface area contributed by atoms with Crippen LogP contribution in [0, 0.1) is 6.92 Å². The van der Waals surface area contributed by atoms with Crippen molar-refractivity contribution in [1.82, 2.24) is 5.43 Å². The van der Waals surface area contributed by atoms with Crippen LogP contribution in [0.2, 0.25) is 5.02 Å². The van der Waals surface area contributed by atoms with Crippen molar-refractivity contribution >= 4 is 51.2 Å². The molecule has 0 radical (unpaired) electrons. The van der Waals surface area contributed by atoms with Gasteiger partial charge in [0, 0.05) is 26.3 Å². The van der Waals surface area contributed by atoms with Gasteiger partial charge in [0.25, 0.3) is 0 Å². The molecule has 0 saturated heterocycles. The maximum atomic E-state index is 12.0. The molecular formula is C23H19BrClN3O3. The van der Waals surface area contributed by atoms with Gasteiger partial charge in [0.05, 0.1) is 6.21 Å². The van der Waals surface area contributed by atoms with Crippen molar-refractivity contribution in [3.63, 3.8) is 0 Å². The molecule has 0 unspecified atom stereocenters. The summed E-state index contributed by atoms with van der Waals surface area (Å²) in [4.78, 5) is 24.1. The first-order chi connectivity index (χ1) is 14.9. The smallest absolute Gasteiger partial charge is 0.329 e. The topological polar surface area (TPSA) is 79.8 Å². The van der Waals surface area contributed by atoms with Crippen LogP contribution < -0.4 is 15.5 Å². The van der Waals surface area contributed by atoms with Crippen LogP contribution in [0.3, 0.4) is 0 Å². The Balaban J connectivity index is 1.63. The lowest BCUT2D eigenvalue weighted by molar-refractivity contribution is -0.136. The van der Waals surface area contributed by atoms with E-state index in [1.807, 2.05) is 37.3 Å². The SMILES string of the molecule is Cc1cccc(NC(=O)C(=O)N/N=C\c2cc(Br)ccc2OCc2ccccc2Cl)c1. The maximum Gasteiger partial charge on any atom is 0.329 e. The van der Waals surface area contributed by atoms with Crippen LogP contribution in [0.5, 0.6) is 5.75 Å². The first-order valence-electron chi connectivity index (χ1n) is 9.29. The molecule has 3 aromatic rings. The van der Waals surface area contributed by atoms with E-state index in [4.69, 9.17) is 16.3 Å². The minimum absolute atomic E-state index is 0.271. The Labute approximate surface area is 193 Å². The van der Waals surface area contributed by atoms with E-state index in [9.17, 15) is 9.59 Å². The number of hydrogen-bond donors (Lipinski definition) is 2. The fourth-order valence-electron chi connectivity index (χ4n) is 2.64. The maximum absolute atomic E-state index is 12.0. The Morgan fingerprint density at radius 2 is 1.87 bits per heavy atom. The van der Waals surface area contributed by atoms with Crippen molar-refractivity contribution in [2.24, 2.45) is 5.10 Å². The second kappa shape index (κ2) is 10.7. The molecule has 158 valence electrons. The van der Waals surface area contributed by atoms with E-state index in [0.717, 1.165) is 15.6 Å². The van der Waals surface area contributed by atoms with Gasteiger partial charge in [-0.1, -0.05) is 57.9 Å². The summed E-state index contributed by atoms with van der Waals surface area (Å²) in [5.74, 6) is -1.15. The molecule has 0 aliphatic carbocycles. The van der Waals surface area contributed by atoms with E-state index < -0.39 is 11.8 Å². The summed E-state index contributed by atoms with van der Waals surface area (Å²) in [5, 5.41) is 7.02. The van der Waals surface area contributed by atoms with E-state index >= 15 is 0 Å². The minimum Gasteiger partial charge on any atom is -0.488 e. The number of benzene rings is 3. The second-order valence-corrected chi connectivity index (χ2v) is 7.91. The molecule has 0 aliphatic heterocycles. The molecule has 0 bridgehead atoms. The molecule has 8 heteroatoms. The van der Waals surface area contributed by atoms with Gasteiger partial charge in [0.1, 0.15) is 12.4 Å². The highest BCUT2D eigenvalue weighted by atomic mass is 79.9. The molecule has 0 saturated carbocycles. The van der Waals surface area contributed by atoms with Crippen molar-refractivity contribution in [2.45, 2.75) is 13.5 Å². The molecule has 0 heterocycles. The summed E-state index contributed by atoms with van der Waals surface area (Å²) in [7, 11) is 0. The van der Waals surface area contributed by atoms with E-state index in [1.54, 1.807) is 36.4 Å². The summed E-state index contributed by atoms with van der Waals surface area (Å²) >= 11 is 9.57. The highest BCUT2D eigenvalue weighted by Crippen LogP contribution is 2.24. The number of carbonyl (C=O) groups excluding carboxylic acids is 2. The molecular weight excluding hydrogens is 482 g/mol. The number of aryl methyl sites for hydroxylation is 1. The van der Waals surface area contributed by atoms with E-state index in [1.165, 1.54) is 6.21 Å². The zero-order valence-electron chi connectivity index (χ0n) is 16.6. The Morgan fingerprint density at radius 3 is 2.65 bits per heavy atom. The predicted octanol–water partition coefficient (Wildman–Crippen LogP) is 5.08. The first kappa shape index (κ1) is 22.5. The third-order valence-electron chi connectivity index (χ3n) is 4.16. The number of carbonyl (C=O) groups is 2. The van der Waals surface area contributed by atoms with Crippen LogP contribution in [0.1, 0.15) is 16.7 Å². The lowest BCUT2D eigenvalue weighted by atomic mass is 10.2. The van der Waals surface area contributed by atoms with E-state index in [2.05, 4.69) is 31.8 Å². The minimum atomic E-state index is -0.883. The number of ether oxygens (including phenoxy) is 1. The molecule has 0 fully saturated rings. The number of hydrogen-bond acceptors (Lipinski definition) is 4. The van der Waals surface area contributed by atoms with Gasteiger partial charge in [-0.15, -0.1) is 0 Å². The van der Waals surface area contributed by atoms with Gasteiger partial charge in [-0.3, -0.25) is 9.59 Å². The Kier molecular flexibility index (Phi) is 7.81. The molecule has 0 aliphatic rings. The van der Waals surface area contributed by atoms with Gasteiger partial charge < -0.3 is 10.1 Å². The summed E-state index contributed by atoms with van der Waals surface area (Å²) in [5.41, 5.74) is 5.18. The third-order valence-corrected chi connectivity index (χ3v) is 5.03. The van der Waals surface area contributed by atoms with Crippen LogP contribution in [-0.4, -0.2) is 18.0 Å². The normalized spacial score (nSPS) is 10.7. The fraction of sp³-hybridized carbons (Fsp3) is 0.0870. The van der Waals surface area contributed by atoms with Gasteiger partial charge in [0.2, 0.25) is 0 Å². The Hall–Kier alpha value is -3.16. The largest absolute Gasteiger partial charge is 0.488 e. The standard InChI is InChI=1S/C23H19BrClN3O3/c1-15-5-4-7-19(11-15)27-22(29)23(30)28-26-13-17-12-18(24)9-10-21(17)31-14-16-6-2-3-8-20(16)25/h2-13H,14H2,1H3,(H,27,29)(H,28,30)/b26-13-. The molecule has 2 amide bonds. The van der Waals surface area contributed by atoms with Crippen LogP contribution in [0.25, 0.3) is 0 Å². The number of anilines is 1. The quantitative estimate of drug-likeness (QED) is 0.281. The highest BCUT2D eigenvalue weighted by molar-refractivity contribution is 9.10. The van der Waals surface area contributed by atoms with Gasteiger partial charge >= 0.3 is 11.8 Å². The van der Waals surface area contributed by atoms with Crippen molar-refractivity contribution in [1.29, 1.82) is 0 Å². The van der Waals surface area contributed by atoms with Crippen LogP contribution in [0.4, 0.5) is 5.69 Å². The molecule has 2 N–H and O–H groups in total. The summed E-state index contributed by atoms with van der Waals surface area (Å²) in [6, 6.07) is 19.9. The number of hydrazone groups is 1. The molecule has 0 spiro atoms. The number of amides is 2. The molecule has 0 aromatic heterocycles. The molecule has 3 aromatic carbocycles. The third kappa shape index (κ3) is 6.67. The van der Waals surface area contributed by atoms with Crippen LogP contribution >= 0.6 is 27.5 Å². The molecule has 3 rings (SSSR count). The molecule has 0 atom stereocenters. The zero-order chi connectivity index (χ0) is 22.2. The summed E-state index contributed by atoms with van der Waals surface area (Å²) < 4.78 is 6.67. The number of nitrogens with one attached hydrogen (secondary N) is 2. The van der Waals surface area contributed by atoms with Crippen molar-refractivity contribution in [2.75, 3.05) is 5.32 Å². The number of rotatable bonds is 6. The Morgan fingerprint density at radius 1 is 1.06 bits per heavy atom. The predicted molar refractivity (Wildman–Crippen MR) is 125 cm³/mol. The van der Waals surface area contributed by atoms with Gasteiger partial charge in [-0.05, 0) is 48.9 Å². The van der Waals surface area contributed by atoms with Gasteiger partial charge in [0.15, 0.2) is 0 Å². The lowest BCUT2D eigenvalue weighted by Crippen LogP contribution is -2.32. The van der Waals surface area contributed by atoms with Crippen molar-refractivity contribution in [3.8, 4) is 5.75 Å². The monoisotopic (exact) mass is 499 g/mol. The van der Waals surface area contributed by atoms with Gasteiger partial charge in [-0.2, -0.15) is 5.10 Å². The Bertz CT molecular complexity index is 1130. The number of halogens is 2. The number of nitrogens with zero attached hydrogens (tertiary/aromatic N) is 1. The average molecular weight is 501 g/mol. The molecule has 31 heavy (non-hydrogen) atoms. The second-order valence-electron chi connectivity index (χ2n) is 6.58. The van der Waals surface area contributed by atoms with Crippen molar-refractivity contribution < 1.29 is 14.3 Å². The van der Waals surface area contributed by atoms with Crippen molar-refractivity contribution in [3.05, 3.63) is 92.9 Å². The summed E-state index contributed by atoms with van der Waals surface area (Å²) in [6.07, 6.45) is 1.41. The van der Waals surface area contributed by atoms with Crippen LogP contribution in [-0.2, 0) is 16.2 Å². The summed E-state index contributed by atoms with van der Waals surface area (Å²) in [6.45, 7) is 2.16. The molecule has 6 nitrogen and oxygen atoms in total. The highest BCUT2D eigenvalue weighted by Gasteiger charge is 2.13. The van der Waals surface area contributed by atoms with Crippen LogP contribution in [0.15, 0.2) is 76.3 Å².